The number of ether oxygens (including phenoxy) is 1. The van der Waals surface area contributed by atoms with Gasteiger partial charge in [0, 0.05) is 6.42 Å². The number of unbranched alkanes of at least 4 members (excludes halogenated alkanes) is 9. The van der Waals surface area contributed by atoms with Crippen LogP contribution in [0.3, 0.4) is 0 Å². The maximum atomic E-state index is 11.3. The molecule has 0 aliphatic carbocycles. The molecular formula is C17H32O2. The third-order valence-corrected chi connectivity index (χ3v) is 3.30. The standard InChI is InChI=1S/C17H32O2/c1-3-5-7-8-9-10-11-12-13-14-15-17(18)19-16-6-4-2/h3H,1,4-16H2,2H3. The van der Waals surface area contributed by atoms with Gasteiger partial charge in [-0.2, -0.15) is 0 Å². The molecule has 0 N–H and O–H groups in total. The van der Waals surface area contributed by atoms with Crippen LogP contribution in [-0.4, -0.2) is 12.6 Å². The Bertz CT molecular complexity index is 211. The monoisotopic (exact) mass is 268 g/mol. The second-order valence-electron chi connectivity index (χ2n) is 5.23. The van der Waals surface area contributed by atoms with Crippen molar-refractivity contribution in [2.24, 2.45) is 0 Å². The molecule has 0 spiro atoms. The zero-order chi connectivity index (χ0) is 14.2. The highest BCUT2D eigenvalue weighted by atomic mass is 16.5. The van der Waals surface area contributed by atoms with Gasteiger partial charge in [0.2, 0.25) is 0 Å². The average molecular weight is 268 g/mol. The smallest absolute Gasteiger partial charge is 0.305 e. The summed E-state index contributed by atoms with van der Waals surface area (Å²) in [4.78, 5) is 11.3. The normalized spacial score (nSPS) is 10.4. The van der Waals surface area contributed by atoms with E-state index in [2.05, 4.69) is 13.5 Å². The van der Waals surface area contributed by atoms with Gasteiger partial charge in [-0.15, -0.1) is 6.58 Å². The van der Waals surface area contributed by atoms with E-state index in [1.165, 1.54) is 38.5 Å². The van der Waals surface area contributed by atoms with Gasteiger partial charge in [0.1, 0.15) is 0 Å². The van der Waals surface area contributed by atoms with Gasteiger partial charge in [-0.25, -0.2) is 0 Å². The summed E-state index contributed by atoms with van der Waals surface area (Å²) in [6.07, 6.45) is 15.8. The van der Waals surface area contributed by atoms with Gasteiger partial charge < -0.3 is 4.74 Å². The van der Waals surface area contributed by atoms with Crippen LogP contribution < -0.4 is 0 Å². The number of carbonyl (C=O) groups excluding carboxylic acids is 1. The van der Waals surface area contributed by atoms with E-state index >= 15 is 0 Å². The minimum absolute atomic E-state index is 0.0159. The van der Waals surface area contributed by atoms with Crippen LogP contribution in [0.2, 0.25) is 0 Å². The fourth-order valence-electron chi connectivity index (χ4n) is 2.02. The van der Waals surface area contributed by atoms with E-state index in [-0.39, 0.29) is 5.97 Å². The highest BCUT2D eigenvalue weighted by molar-refractivity contribution is 5.69. The predicted octanol–water partition coefficient (Wildman–Crippen LogP) is 5.42. The van der Waals surface area contributed by atoms with Crippen molar-refractivity contribution in [3.63, 3.8) is 0 Å². The summed E-state index contributed by atoms with van der Waals surface area (Å²) in [6.45, 7) is 6.43. The summed E-state index contributed by atoms with van der Waals surface area (Å²) >= 11 is 0. The topological polar surface area (TPSA) is 26.3 Å². The van der Waals surface area contributed by atoms with E-state index < -0.39 is 0 Å². The fourth-order valence-corrected chi connectivity index (χ4v) is 2.02. The Labute approximate surface area is 119 Å². The number of carbonyl (C=O) groups is 1. The first-order valence-electron chi connectivity index (χ1n) is 8.07. The largest absolute Gasteiger partial charge is 0.466 e. The molecule has 0 aliphatic heterocycles. The van der Waals surface area contributed by atoms with Crippen LogP contribution in [0.5, 0.6) is 0 Å². The first kappa shape index (κ1) is 18.2. The summed E-state index contributed by atoms with van der Waals surface area (Å²) in [5.41, 5.74) is 0. The molecule has 0 atom stereocenters. The molecule has 0 radical (unpaired) electrons. The van der Waals surface area contributed by atoms with Crippen molar-refractivity contribution >= 4 is 5.97 Å². The van der Waals surface area contributed by atoms with E-state index in [9.17, 15) is 4.79 Å². The predicted molar refractivity (Wildman–Crippen MR) is 82.2 cm³/mol. The molecule has 2 heteroatoms. The molecule has 0 unspecified atom stereocenters. The molecule has 0 amide bonds. The molecule has 0 rings (SSSR count). The summed E-state index contributed by atoms with van der Waals surface area (Å²) < 4.78 is 5.12. The van der Waals surface area contributed by atoms with Gasteiger partial charge >= 0.3 is 5.97 Å². The van der Waals surface area contributed by atoms with E-state index in [1.807, 2.05) is 6.08 Å². The second kappa shape index (κ2) is 15.3. The molecular weight excluding hydrogens is 236 g/mol. The van der Waals surface area contributed by atoms with E-state index in [0.29, 0.717) is 13.0 Å². The van der Waals surface area contributed by atoms with E-state index in [4.69, 9.17) is 4.74 Å². The van der Waals surface area contributed by atoms with Crippen molar-refractivity contribution < 1.29 is 9.53 Å². The Morgan fingerprint density at radius 1 is 0.947 bits per heavy atom. The summed E-state index contributed by atoms with van der Waals surface area (Å²) in [6, 6.07) is 0. The molecule has 0 bridgehead atoms. The fraction of sp³-hybridized carbons (Fsp3) is 0.824. The third-order valence-electron chi connectivity index (χ3n) is 3.30. The minimum atomic E-state index is -0.0159. The molecule has 0 aromatic carbocycles. The van der Waals surface area contributed by atoms with Crippen LogP contribution >= 0.6 is 0 Å². The first-order valence-corrected chi connectivity index (χ1v) is 8.07. The molecule has 2 nitrogen and oxygen atoms in total. The Kier molecular flexibility index (Phi) is 14.6. The van der Waals surface area contributed by atoms with Crippen molar-refractivity contribution in [2.45, 2.75) is 84.0 Å². The molecule has 0 fully saturated rings. The van der Waals surface area contributed by atoms with Crippen molar-refractivity contribution in [1.82, 2.24) is 0 Å². The lowest BCUT2D eigenvalue weighted by molar-refractivity contribution is -0.143. The Morgan fingerprint density at radius 3 is 2.11 bits per heavy atom. The van der Waals surface area contributed by atoms with Crippen LogP contribution in [0, 0.1) is 0 Å². The van der Waals surface area contributed by atoms with Gasteiger partial charge in [-0.1, -0.05) is 57.9 Å². The third kappa shape index (κ3) is 15.2. The minimum Gasteiger partial charge on any atom is -0.466 e. The van der Waals surface area contributed by atoms with Crippen LogP contribution in [0.1, 0.15) is 84.0 Å². The van der Waals surface area contributed by atoms with Crippen LogP contribution in [-0.2, 0) is 9.53 Å². The van der Waals surface area contributed by atoms with E-state index in [1.54, 1.807) is 0 Å². The van der Waals surface area contributed by atoms with Crippen molar-refractivity contribution in [3.8, 4) is 0 Å². The summed E-state index contributed by atoms with van der Waals surface area (Å²) in [5.74, 6) is -0.0159. The lowest BCUT2D eigenvalue weighted by Gasteiger charge is -2.04. The van der Waals surface area contributed by atoms with Crippen molar-refractivity contribution in [3.05, 3.63) is 12.7 Å². The zero-order valence-electron chi connectivity index (χ0n) is 12.8. The first-order chi connectivity index (χ1) is 9.31. The van der Waals surface area contributed by atoms with Gasteiger partial charge in [-0.05, 0) is 25.7 Å². The maximum Gasteiger partial charge on any atom is 0.305 e. The highest BCUT2D eigenvalue weighted by Crippen LogP contribution is 2.11. The number of allylic oxidation sites excluding steroid dienone is 1. The van der Waals surface area contributed by atoms with Crippen LogP contribution in [0.4, 0.5) is 0 Å². The average Bonchev–Trinajstić information content (AvgIpc) is 2.41. The van der Waals surface area contributed by atoms with Gasteiger partial charge in [0.05, 0.1) is 6.61 Å². The van der Waals surface area contributed by atoms with Gasteiger partial charge in [0.25, 0.3) is 0 Å². The molecule has 112 valence electrons. The Morgan fingerprint density at radius 2 is 1.53 bits per heavy atom. The van der Waals surface area contributed by atoms with Gasteiger partial charge in [-0.3, -0.25) is 4.79 Å². The SMILES string of the molecule is C=CCCCCCCCCCCC(=O)OCCCC. The molecule has 19 heavy (non-hydrogen) atoms. The van der Waals surface area contributed by atoms with Crippen LogP contribution in [0.15, 0.2) is 12.7 Å². The number of esters is 1. The molecule has 0 saturated heterocycles. The van der Waals surface area contributed by atoms with Crippen molar-refractivity contribution in [1.29, 1.82) is 0 Å². The summed E-state index contributed by atoms with van der Waals surface area (Å²) in [5, 5.41) is 0. The Hall–Kier alpha value is -0.790. The maximum absolute atomic E-state index is 11.3. The zero-order valence-corrected chi connectivity index (χ0v) is 12.8. The highest BCUT2D eigenvalue weighted by Gasteiger charge is 2.01. The Balaban J connectivity index is 3.09. The molecule has 0 aliphatic rings. The second-order valence-corrected chi connectivity index (χ2v) is 5.23. The lowest BCUT2D eigenvalue weighted by atomic mass is 10.1. The van der Waals surface area contributed by atoms with Gasteiger partial charge in [0.15, 0.2) is 0 Å². The number of rotatable bonds is 14. The quantitative estimate of drug-likeness (QED) is 0.239. The molecule has 0 saturated carbocycles. The molecule has 0 aromatic rings. The van der Waals surface area contributed by atoms with E-state index in [0.717, 1.165) is 32.1 Å². The molecule has 0 heterocycles. The number of hydrogen-bond donors (Lipinski definition) is 0. The lowest BCUT2D eigenvalue weighted by Crippen LogP contribution is -2.05. The number of hydrogen-bond acceptors (Lipinski definition) is 2. The summed E-state index contributed by atoms with van der Waals surface area (Å²) in [7, 11) is 0. The molecule has 0 aromatic heterocycles. The van der Waals surface area contributed by atoms with Crippen LogP contribution in [0.25, 0.3) is 0 Å². The van der Waals surface area contributed by atoms with Crippen molar-refractivity contribution in [2.75, 3.05) is 6.61 Å².